The van der Waals surface area contributed by atoms with E-state index in [2.05, 4.69) is 37.8 Å². The number of hydrogen-bond donors (Lipinski definition) is 0. The Morgan fingerprint density at radius 2 is 1.55 bits per heavy atom. The first-order valence-corrected chi connectivity index (χ1v) is 9.81. The first-order valence-electron chi connectivity index (χ1n) is 7.69. The van der Waals surface area contributed by atoms with E-state index in [0.29, 0.717) is 0 Å². The molecule has 0 aromatic heterocycles. The summed E-state index contributed by atoms with van der Waals surface area (Å²) in [5.41, 5.74) is 0. The Hall–Kier alpha value is -2.13. The maximum atomic E-state index is 12.0. The van der Waals surface area contributed by atoms with Crippen LogP contribution in [-0.4, -0.2) is 14.3 Å². The fourth-order valence-electron chi connectivity index (χ4n) is 2.68. The fourth-order valence-corrected chi connectivity index (χ4v) is 6.67. The molecule has 114 valence electrons. The molecule has 2 aromatic carbocycles. The van der Waals surface area contributed by atoms with Crippen LogP contribution in [0.3, 0.4) is 0 Å². The standard InChI is InChI=1S/C19H22O2Si/c1-3-5-16-22(21-19(20)4-2,17-12-8-6-9-13-17)18-14-10-7-11-15-18/h4,6-15H,2-3,5,16H2,1H3. The normalized spacial score (nSPS) is 11.0. The number of carbonyl (C=O) groups excluding carboxylic acids is 1. The summed E-state index contributed by atoms with van der Waals surface area (Å²) < 4.78 is 6.04. The summed E-state index contributed by atoms with van der Waals surface area (Å²) in [6.07, 6.45) is 3.36. The van der Waals surface area contributed by atoms with Gasteiger partial charge in [-0.05, 0) is 16.4 Å². The van der Waals surface area contributed by atoms with Crippen molar-refractivity contribution in [3.8, 4) is 0 Å². The van der Waals surface area contributed by atoms with Crippen molar-refractivity contribution in [1.82, 2.24) is 0 Å². The first-order chi connectivity index (χ1) is 10.7. The number of benzene rings is 2. The molecule has 2 nitrogen and oxygen atoms in total. The second kappa shape index (κ2) is 7.76. The third kappa shape index (κ3) is 3.54. The summed E-state index contributed by atoms with van der Waals surface area (Å²) in [7, 11) is -2.57. The Morgan fingerprint density at radius 1 is 1.05 bits per heavy atom. The monoisotopic (exact) mass is 310 g/mol. The molecule has 0 radical (unpaired) electrons. The number of rotatable bonds is 7. The van der Waals surface area contributed by atoms with E-state index >= 15 is 0 Å². The molecular weight excluding hydrogens is 288 g/mol. The van der Waals surface area contributed by atoms with E-state index in [1.807, 2.05) is 36.4 Å². The van der Waals surface area contributed by atoms with Crippen molar-refractivity contribution in [3.05, 3.63) is 73.3 Å². The lowest BCUT2D eigenvalue weighted by Gasteiger charge is -2.31. The van der Waals surface area contributed by atoms with Crippen LogP contribution >= 0.6 is 0 Å². The van der Waals surface area contributed by atoms with Crippen LogP contribution in [-0.2, 0) is 9.22 Å². The molecule has 2 aromatic rings. The zero-order chi connectivity index (χ0) is 15.8. The highest BCUT2D eigenvalue weighted by molar-refractivity contribution is 6.98. The molecule has 0 fully saturated rings. The van der Waals surface area contributed by atoms with Gasteiger partial charge in [0, 0.05) is 6.08 Å². The number of hydrogen-bond acceptors (Lipinski definition) is 2. The van der Waals surface area contributed by atoms with Crippen molar-refractivity contribution >= 4 is 24.7 Å². The third-order valence-corrected chi connectivity index (χ3v) is 7.94. The highest BCUT2D eigenvalue weighted by Gasteiger charge is 2.41. The van der Waals surface area contributed by atoms with Gasteiger partial charge in [-0.1, -0.05) is 87.0 Å². The minimum atomic E-state index is -2.57. The van der Waals surface area contributed by atoms with Crippen LogP contribution in [0.4, 0.5) is 0 Å². The van der Waals surface area contributed by atoms with Crippen LogP contribution in [0.5, 0.6) is 0 Å². The van der Waals surface area contributed by atoms with Crippen LogP contribution in [0.25, 0.3) is 0 Å². The molecule has 0 aliphatic carbocycles. The van der Waals surface area contributed by atoms with Crippen molar-refractivity contribution < 1.29 is 9.22 Å². The summed E-state index contributed by atoms with van der Waals surface area (Å²) in [6.45, 7) is 5.72. The molecule has 0 unspecified atom stereocenters. The van der Waals surface area contributed by atoms with E-state index in [1.54, 1.807) is 0 Å². The Morgan fingerprint density at radius 3 is 1.95 bits per heavy atom. The Balaban J connectivity index is 2.57. The van der Waals surface area contributed by atoms with E-state index < -0.39 is 8.32 Å². The van der Waals surface area contributed by atoms with Gasteiger partial charge in [0.1, 0.15) is 0 Å². The first kappa shape index (κ1) is 16.2. The van der Waals surface area contributed by atoms with Gasteiger partial charge in [-0.3, -0.25) is 0 Å². The van der Waals surface area contributed by atoms with Gasteiger partial charge in [0.15, 0.2) is 0 Å². The summed E-state index contributed by atoms with van der Waals surface area (Å²) >= 11 is 0. The smallest absolute Gasteiger partial charge is 0.318 e. The minimum absolute atomic E-state index is 0.338. The summed E-state index contributed by atoms with van der Waals surface area (Å²) in [4.78, 5) is 12.0. The predicted molar refractivity (Wildman–Crippen MR) is 93.9 cm³/mol. The lowest BCUT2D eigenvalue weighted by atomic mass is 10.4. The van der Waals surface area contributed by atoms with Crippen molar-refractivity contribution in [1.29, 1.82) is 0 Å². The highest BCUT2D eigenvalue weighted by Crippen LogP contribution is 2.17. The van der Waals surface area contributed by atoms with Crippen LogP contribution in [0, 0.1) is 0 Å². The molecule has 0 N–H and O–H groups in total. The molecule has 0 spiro atoms. The zero-order valence-corrected chi connectivity index (χ0v) is 14.0. The summed E-state index contributed by atoms with van der Waals surface area (Å²) in [5.74, 6) is -0.338. The van der Waals surface area contributed by atoms with Crippen molar-refractivity contribution in [2.24, 2.45) is 0 Å². The van der Waals surface area contributed by atoms with Gasteiger partial charge in [-0.2, -0.15) is 0 Å². The molecule has 0 amide bonds. The Bertz CT molecular complexity index is 568. The van der Waals surface area contributed by atoms with Gasteiger partial charge in [-0.25, -0.2) is 4.79 Å². The molecule has 0 bridgehead atoms. The second-order valence-electron chi connectivity index (χ2n) is 5.29. The van der Waals surface area contributed by atoms with Gasteiger partial charge in [-0.15, -0.1) is 0 Å². The van der Waals surface area contributed by atoms with E-state index in [1.165, 1.54) is 6.08 Å². The van der Waals surface area contributed by atoms with E-state index in [9.17, 15) is 4.79 Å². The Kier molecular flexibility index (Phi) is 5.73. The van der Waals surface area contributed by atoms with Crippen LogP contribution in [0.15, 0.2) is 73.3 Å². The van der Waals surface area contributed by atoms with Crippen LogP contribution in [0.2, 0.25) is 6.04 Å². The summed E-state index contributed by atoms with van der Waals surface area (Å²) in [6, 6.07) is 21.2. The second-order valence-corrected chi connectivity index (χ2v) is 8.80. The number of unbranched alkanes of at least 4 members (excludes halogenated alkanes) is 1. The van der Waals surface area contributed by atoms with Crippen LogP contribution in [0.1, 0.15) is 19.8 Å². The molecular formula is C19H22O2Si. The lowest BCUT2D eigenvalue weighted by Crippen LogP contribution is -2.61. The molecule has 0 atom stereocenters. The molecule has 0 aliphatic heterocycles. The van der Waals surface area contributed by atoms with E-state index in [-0.39, 0.29) is 5.97 Å². The van der Waals surface area contributed by atoms with Gasteiger partial charge in [0.2, 0.25) is 0 Å². The van der Waals surface area contributed by atoms with Gasteiger partial charge in [0.25, 0.3) is 0 Å². The molecule has 0 aliphatic rings. The van der Waals surface area contributed by atoms with Crippen molar-refractivity contribution in [3.63, 3.8) is 0 Å². The average molecular weight is 310 g/mol. The van der Waals surface area contributed by atoms with Gasteiger partial charge >= 0.3 is 14.3 Å². The molecule has 0 saturated heterocycles. The fraction of sp³-hybridized carbons (Fsp3) is 0.211. The molecule has 3 heteroatoms. The largest absolute Gasteiger partial charge is 0.507 e. The third-order valence-electron chi connectivity index (χ3n) is 3.80. The zero-order valence-electron chi connectivity index (χ0n) is 13.0. The van der Waals surface area contributed by atoms with Crippen molar-refractivity contribution in [2.75, 3.05) is 0 Å². The minimum Gasteiger partial charge on any atom is -0.507 e. The predicted octanol–water partition coefficient (Wildman–Crippen LogP) is 3.28. The SMILES string of the molecule is C=CC(=O)O[Si](CCCC)(c1ccccc1)c1ccccc1. The maximum Gasteiger partial charge on any atom is 0.318 e. The molecule has 0 saturated carbocycles. The number of carbonyl (C=O) groups is 1. The average Bonchev–Trinajstić information content (AvgIpc) is 2.60. The maximum absolute atomic E-state index is 12.0. The van der Waals surface area contributed by atoms with E-state index in [4.69, 9.17) is 4.43 Å². The van der Waals surface area contributed by atoms with E-state index in [0.717, 1.165) is 29.3 Å². The summed E-state index contributed by atoms with van der Waals surface area (Å²) in [5, 5.41) is 2.26. The topological polar surface area (TPSA) is 26.3 Å². The lowest BCUT2D eigenvalue weighted by molar-refractivity contribution is -0.129. The van der Waals surface area contributed by atoms with Gasteiger partial charge < -0.3 is 4.43 Å². The highest BCUT2D eigenvalue weighted by atomic mass is 28.4. The van der Waals surface area contributed by atoms with Crippen LogP contribution < -0.4 is 10.4 Å². The molecule has 22 heavy (non-hydrogen) atoms. The van der Waals surface area contributed by atoms with Gasteiger partial charge in [0.05, 0.1) is 0 Å². The Labute approximate surface area is 133 Å². The van der Waals surface area contributed by atoms with Crippen molar-refractivity contribution in [2.45, 2.75) is 25.8 Å². The molecule has 0 heterocycles. The quantitative estimate of drug-likeness (QED) is 0.579. The molecule has 2 rings (SSSR count).